The summed E-state index contributed by atoms with van der Waals surface area (Å²) in [6, 6.07) is 12.4. The van der Waals surface area contributed by atoms with Gasteiger partial charge in [0.25, 0.3) is 0 Å². The number of fused-ring (bicyclic) bond motifs is 1. The van der Waals surface area contributed by atoms with E-state index in [4.69, 9.17) is 9.47 Å². The highest BCUT2D eigenvalue weighted by atomic mass is 19.1. The van der Waals surface area contributed by atoms with Gasteiger partial charge in [-0.25, -0.2) is 14.4 Å². The van der Waals surface area contributed by atoms with Crippen LogP contribution in [0.25, 0.3) is 0 Å². The van der Waals surface area contributed by atoms with Crippen LogP contribution in [0.1, 0.15) is 0 Å². The van der Waals surface area contributed by atoms with Crippen molar-refractivity contribution in [3.63, 3.8) is 0 Å². The molecule has 0 spiro atoms. The van der Waals surface area contributed by atoms with Gasteiger partial charge in [-0.2, -0.15) is 0 Å². The van der Waals surface area contributed by atoms with Crippen LogP contribution in [0, 0.1) is 5.82 Å². The number of aromatic nitrogens is 2. The van der Waals surface area contributed by atoms with Crippen molar-refractivity contribution >= 4 is 17.3 Å². The Hall–Kier alpha value is -3.39. The molecule has 148 valence electrons. The molecule has 0 radical (unpaired) electrons. The molecule has 0 amide bonds. The molecule has 3 heterocycles. The third-order valence-corrected chi connectivity index (χ3v) is 4.93. The molecule has 0 bridgehead atoms. The Morgan fingerprint density at radius 2 is 1.86 bits per heavy atom. The highest BCUT2D eigenvalue weighted by molar-refractivity contribution is 5.67. The predicted molar refractivity (Wildman–Crippen MR) is 106 cm³/mol. The number of β-amino-alcohol motifs (C(OH)–C–C–N with tert-alkyl or cyclic N) is 1. The average Bonchev–Trinajstić information content (AvgIpc) is 2.72. The molecule has 1 fully saturated rings. The van der Waals surface area contributed by atoms with Crippen LogP contribution in [0.3, 0.4) is 0 Å². The quantitative estimate of drug-likeness (QED) is 0.729. The zero-order valence-corrected chi connectivity index (χ0v) is 15.5. The highest BCUT2D eigenvalue weighted by Crippen LogP contribution is 2.37. The average molecular weight is 394 g/mol. The number of hydrogen-bond acceptors (Lipinski definition) is 7. The number of hydrogen-bond donors (Lipinski definition) is 1. The van der Waals surface area contributed by atoms with Crippen LogP contribution in [0.5, 0.6) is 17.2 Å². The first-order chi connectivity index (χ1) is 14.2. The summed E-state index contributed by atoms with van der Waals surface area (Å²) < 4.78 is 25.3. The predicted octanol–water partition coefficient (Wildman–Crippen LogP) is 3.12. The lowest BCUT2D eigenvalue weighted by Crippen LogP contribution is -2.50. The van der Waals surface area contributed by atoms with Gasteiger partial charge in [-0.3, -0.25) is 0 Å². The molecule has 29 heavy (non-hydrogen) atoms. The van der Waals surface area contributed by atoms with E-state index in [0.29, 0.717) is 49.4 Å². The van der Waals surface area contributed by atoms with E-state index >= 15 is 0 Å². The number of benzene rings is 2. The van der Waals surface area contributed by atoms with Crippen molar-refractivity contribution in [3.8, 4) is 17.2 Å². The van der Waals surface area contributed by atoms with Gasteiger partial charge in [0.05, 0.1) is 30.7 Å². The maximum absolute atomic E-state index is 14.0. The van der Waals surface area contributed by atoms with Gasteiger partial charge in [0.1, 0.15) is 12.4 Å². The molecule has 3 aromatic rings. The molecule has 5 rings (SSSR count). The zero-order valence-electron chi connectivity index (χ0n) is 15.5. The summed E-state index contributed by atoms with van der Waals surface area (Å²) in [4.78, 5) is 12.7. The Labute approximate surface area is 167 Å². The molecule has 0 aliphatic carbocycles. The second kappa shape index (κ2) is 7.21. The summed E-state index contributed by atoms with van der Waals surface area (Å²) >= 11 is 0. The molecule has 2 aliphatic heterocycles. The zero-order chi connectivity index (χ0) is 19.8. The van der Waals surface area contributed by atoms with E-state index in [-0.39, 0.29) is 11.9 Å². The van der Waals surface area contributed by atoms with Crippen molar-refractivity contribution in [1.29, 1.82) is 0 Å². The maximum atomic E-state index is 14.0. The van der Waals surface area contributed by atoms with Crippen molar-refractivity contribution in [2.24, 2.45) is 0 Å². The van der Waals surface area contributed by atoms with Gasteiger partial charge in [-0.05, 0) is 24.3 Å². The summed E-state index contributed by atoms with van der Waals surface area (Å²) in [5.74, 6) is 1.44. The number of halogens is 1. The number of para-hydroxylation sites is 1. The Morgan fingerprint density at radius 3 is 2.66 bits per heavy atom. The first-order valence-electron chi connectivity index (χ1n) is 9.39. The van der Waals surface area contributed by atoms with Crippen LogP contribution in [-0.2, 0) is 0 Å². The maximum Gasteiger partial charge on any atom is 0.230 e. The fraction of sp³-hybridized carbons (Fsp3) is 0.238. The smallest absolute Gasteiger partial charge is 0.230 e. The third kappa shape index (κ3) is 3.42. The number of rotatable bonds is 4. The number of aliphatic hydroxyl groups is 1. The van der Waals surface area contributed by atoms with Gasteiger partial charge in [0, 0.05) is 24.8 Å². The minimum Gasteiger partial charge on any atom is -0.486 e. The highest BCUT2D eigenvalue weighted by Gasteiger charge is 2.25. The SMILES string of the molecule is OC1CN(c2cccc(Oc3cnc(N4CCOc5c(F)cccc54)nc3)c2)C1. The lowest BCUT2D eigenvalue weighted by Gasteiger charge is -2.37. The van der Waals surface area contributed by atoms with Gasteiger partial charge in [0.2, 0.25) is 5.95 Å². The Bertz CT molecular complexity index is 1020. The van der Waals surface area contributed by atoms with Crippen molar-refractivity contribution < 1.29 is 19.0 Å². The van der Waals surface area contributed by atoms with Crippen LogP contribution in [0.15, 0.2) is 54.9 Å². The molecule has 7 nitrogen and oxygen atoms in total. The van der Waals surface area contributed by atoms with Crippen LogP contribution >= 0.6 is 0 Å². The molecule has 2 aromatic carbocycles. The first kappa shape index (κ1) is 17.7. The van der Waals surface area contributed by atoms with Gasteiger partial charge in [0.15, 0.2) is 17.3 Å². The molecular formula is C21H19FN4O3. The van der Waals surface area contributed by atoms with Crippen molar-refractivity contribution in [1.82, 2.24) is 9.97 Å². The van der Waals surface area contributed by atoms with Crippen LogP contribution in [-0.4, -0.2) is 47.4 Å². The normalized spacial score (nSPS) is 16.1. The molecular weight excluding hydrogens is 375 g/mol. The minimum atomic E-state index is -0.401. The van der Waals surface area contributed by atoms with E-state index in [1.807, 2.05) is 29.2 Å². The molecule has 2 aliphatic rings. The summed E-state index contributed by atoms with van der Waals surface area (Å²) in [5.41, 5.74) is 1.60. The van der Waals surface area contributed by atoms with E-state index in [9.17, 15) is 9.50 Å². The van der Waals surface area contributed by atoms with Crippen LogP contribution in [0.2, 0.25) is 0 Å². The monoisotopic (exact) mass is 394 g/mol. The number of anilines is 3. The van der Waals surface area contributed by atoms with Gasteiger partial charge in [-0.15, -0.1) is 0 Å². The van der Waals surface area contributed by atoms with E-state index in [2.05, 4.69) is 14.9 Å². The van der Waals surface area contributed by atoms with Crippen molar-refractivity contribution in [2.45, 2.75) is 6.10 Å². The van der Waals surface area contributed by atoms with Gasteiger partial charge in [-0.1, -0.05) is 12.1 Å². The number of aliphatic hydroxyl groups excluding tert-OH is 1. The fourth-order valence-electron chi connectivity index (χ4n) is 3.47. The van der Waals surface area contributed by atoms with E-state index in [1.54, 1.807) is 24.5 Å². The van der Waals surface area contributed by atoms with E-state index in [0.717, 1.165) is 5.69 Å². The number of nitrogens with zero attached hydrogens (tertiary/aromatic N) is 4. The topological polar surface area (TPSA) is 71.0 Å². The molecule has 8 heteroatoms. The lowest BCUT2D eigenvalue weighted by atomic mass is 10.1. The largest absolute Gasteiger partial charge is 0.486 e. The molecule has 1 saturated heterocycles. The van der Waals surface area contributed by atoms with Crippen LogP contribution in [0.4, 0.5) is 21.7 Å². The number of ether oxygens (including phenoxy) is 2. The summed E-state index contributed by atoms with van der Waals surface area (Å²) in [6.07, 6.45) is 2.92. The second-order valence-corrected chi connectivity index (χ2v) is 6.97. The fourth-order valence-corrected chi connectivity index (χ4v) is 3.47. The van der Waals surface area contributed by atoms with Crippen molar-refractivity contribution in [3.05, 3.63) is 60.7 Å². The minimum absolute atomic E-state index is 0.218. The van der Waals surface area contributed by atoms with E-state index < -0.39 is 5.82 Å². The van der Waals surface area contributed by atoms with Crippen LogP contribution < -0.4 is 19.3 Å². The molecule has 1 aromatic heterocycles. The molecule has 1 N–H and O–H groups in total. The summed E-state index contributed by atoms with van der Waals surface area (Å²) in [6.45, 7) is 2.14. The van der Waals surface area contributed by atoms with Gasteiger partial charge >= 0.3 is 0 Å². The Balaban J connectivity index is 1.33. The molecule has 0 atom stereocenters. The Kier molecular flexibility index (Phi) is 4.40. The second-order valence-electron chi connectivity index (χ2n) is 6.97. The third-order valence-electron chi connectivity index (χ3n) is 4.93. The van der Waals surface area contributed by atoms with E-state index in [1.165, 1.54) is 6.07 Å². The molecule has 0 unspecified atom stereocenters. The molecule has 0 saturated carbocycles. The first-order valence-corrected chi connectivity index (χ1v) is 9.39. The van der Waals surface area contributed by atoms with Crippen molar-refractivity contribution in [2.75, 3.05) is 36.0 Å². The summed E-state index contributed by atoms with van der Waals surface area (Å²) in [5, 5.41) is 9.47. The lowest BCUT2D eigenvalue weighted by molar-refractivity contribution is 0.142. The Morgan fingerprint density at radius 1 is 1.07 bits per heavy atom. The van der Waals surface area contributed by atoms with Gasteiger partial charge < -0.3 is 24.4 Å². The standard InChI is InChI=1S/C21H19FN4O3/c22-18-5-2-6-19-20(18)28-8-7-26(19)21-23-10-17(11-24-21)29-16-4-1-3-14(9-16)25-12-15(27)13-25/h1-6,9-11,15,27H,7-8,12-13H2. The summed E-state index contributed by atoms with van der Waals surface area (Å²) in [7, 11) is 0.